The number of carbonyl (C=O) groups excluding carboxylic acids is 1. The van der Waals surface area contributed by atoms with Crippen molar-refractivity contribution in [3.8, 4) is 11.8 Å². The van der Waals surface area contributed by atoms with E-state index in [1.54, 1.807) is 12.1 Å². The van der Waals surface area contributed by atoms with Crippen molar-refractivity contribution < 1.29 is 9.90 Å². The van der Waals surface area contributed by atoms with Gasteiger partial charge < -0.3 is 10.4 Å². The molecule has 1 amide bonds. The predicted octanol–water partition coefficient (Wildman–Crippen LogP) is 2.05. The van der Waals surface area contributed by atoms with Crippen LogP contribution in [-0.2, 0) is 0 Å². The standard InChI is InChI=1S/C16H19NO2S/c18-10-5-7-13-6-1-2-9-15(13)16(19)17-12-14-8-3-4-11-20-14/h1-2,6,9,14,18H,3-4,8,10-12H2,(H,17,19). The number of aliphatic hydroxyl groups excluding tert-OH is 1. The molecule has 106 valence electrons. The van der Waals surface area contributed by atoms with E-state index in [0.717, 1.165) is 0 Å². The average molecular weight is 289 g/mol. The molecule has 4 heteroatoms. The summed E-state index contributed by atoms with van der Waals surface area (Å²) in [7, 11) is 0. The van der Waals surface area contributed by atoms with Crippen molar-refractivity contribution in [1.82, 2.24) is 5.32 Å². The van der Waals surface area contributed by atoms with Crippen molar-refractivity contribution >= 4 is 17.7 Å². The fourth-order valence-electron chi connectivity index (χ4n) is 2.20. The third-order valence-electron chi connectivity index (χ3n) is 3.24. The van der Waals surface area contributed by atoms with Gasteiger partial charge in [-0.2, -0.15) is 11.8 Å². The Labute approximate surface area is 124 Å². The zero-order chi connectivity index (χ0) is 14.2. The van der Waals surface area contributed by atoms with E-state index in [4.69, 9.17) is 5.11 Å². The van der Waals surface area contributed by atoms with Gasteiger partial charge in [0.2, 0.25) is 0 Å². The second-order valence-electron chi connectivity index (χ2n) is 4.70. The first-order valence-electron chi connectivity index (χ1n) is 6.90. The third kappa shape index (κ3) is 4.29. The summed E-state index contributed by atoms with van der Waals surface area (Å²) in [4.78, 5) is 12.2. The average Bonchev–Trinajstić information content (AvgIpc) is 2.52. The van der Waals surface area contributed by atoms with Gasteiger partial charge in [-0.1, -0.05) is 30.4 Å². The highest BCUT2D eigenvalue weighted by atomic mass is 32.2. The molecule has 0 aliphatic carbocycles. The summed E-state index contributed by atoms with van der Waals surface area (Å²) in [5.41, 5.74) is 1.24. The van der Waals surface area contributed by atoms with E-state index in [-0.39, 0.29) is 12.5 Å². The number of carbonyl (C=O) groups is 1. The molecule has 0 aromatic heterocycles. The van der Waals surface area contributed by atoms with Crippen LogP contribution in [0, 0.1) is 11.8 Å². The zero-order valence-electron chi connectivity index (χ0n) is 11.4. The van der Waals surface area contributed by atoms with E-state index in [1.165, 1.54) is 25.0 Å². The molecule has 1 aromatic carbocycles. The summed E-state index contributed by atoms with van der Waals surface area (Å²) < 4.78 is 0. The summed E-state index contributed by atoms with van der Waals surface area (Å²) in [6, 6.07) is 7.24. The van der Waals surface area contributed by atoms with Gasteiger partial charge in [0.05, 0.1) is 5.56 Å². The topological polar surface area (TPSA) is 49.3 Å². The fourth-order valence-corrected chi connectivity index (χ4v) is 3.43. The van der Waals surface area contributed by atoms with E-state index < -0.39 is 0 Å². The predicted molar refractivity (Wildman–Crippen MR) is 82.8 cm³/mol. The molecule has 0 saturated carbocycles. The van der Waals surface area contributed by atoms with Gasteiger partial charge in [-0.15, -0.1) is 0 Å². The van der Waals surface area contributed by atoms with Crippen molar-refractivity contribution in [2.45, 2.75) is 24.5 Å². The maximum Gasteiger partial charge on any atom is 0.252 e. The molecule has 1 heterocycles. The van der Waals surface area contributed by atoms with E-state index >= 15 is 0 Å². The Morgan fingerprint density at radius 2 is 2.25 bits per heavy atom. The van der Waals surface area contributed by atoms with Gasteiger partial charge in [-0.3, -0.25) is 4.79 Å². The number of aliphatic hydroxyl groups is 1. The van der Waals surface area contributed by atoms with Gasteiger partial charge in [0.1, 0.15) is 6.61 Å². The lowest BCUT2D eigenvalue weighted by Gasteiger charge is -2.21. The van der Waals surface area contributed by atoms with E-state index in [2.05, 4.69) is 17.2 Å². The minimum absolute atomic E-state index is 0.0842. The summed E-state index contributed by atoms with van der Waals surface area (Å²) in [5.74, 6) is 6.51. The van der Waals surface area contributed by atoms with Crippen LogP contribution in [-0.4, -0.2) is 35.2 Å². The molecule has 0 bridgehead atoms. The molecule has 1 aliphatic rings. The van der Waals surface area contributed by atoms with Gasteiger partial charge in [0, 0.05) is 17.4 Å². The molecule has 1 saturated heterocycles. The Morgan fingerprint density at radius 3 is 3.00 bits per heavy atom. The first-order chi connectivity index (χ1) is 9.81. The van der Waals surface area contributed by atoms with Crippen LogP contribution in [0.15, 0.2) is 24.3 Å². The Bertz CT molecular complexity index is 513. The van der Waals surface area contributed by atoms with Crippen molar-refractivity contribution in [2.75, 3.05) is 18.9 Å². The Balaban J connectivity index is 1.97. The summed E-state index contributed by atoms with van der Waals surface area (Å²) in [5, 5.41) is 12.3. The van der Waals surface area contributed by atoms with Crippen LogP contribution < -0.4 is 5.32 Å². The summed E-state index contributed by atoms with van der Waals surface area (Å²) in [6.45, 7) is 0.514. The van der Waals surface area contributed by atoms with Crippen LogP contribution in [0.3, 0.4) is 0 Å². The number of benzene rings is 1. The van der Waals surface area contributed by atoms with Gasteiger partial charge >= 0.3 is 0 Å². The van der Waals surface area contributed by atoms with Crippen LogP contribution in [0.25, 0.3) is 0 Å². The SMILES string of the molecule is O=C(NCC1CCCCS1)c1ccccc1C#CCO. The molecule has 2 N–H and O–H groups in total. The zero-order valence-corrected chi connectivity index (χ0v) is 12.2. The first kappa shape index (κ1) is 15.0. The highest BCUT2D eigenvalue weighted by Crippen LogP contribution is 2.24. The molecule has 3 nitrogen and oxygen atoms in total. The third-order valence-corrected chi connectivity index (χ3v) is 4.64. The van der Waals surface area contributed by atoms with E-state index in [0.29, 0.717) is 22.9 Å². The molecule has 0 spiro atoms. The number of hydrogen-bond acceptors (Lipinski definition) is 3. The molecule has 1 aliphatic heterocycles. The lowest BCUT2D eigenvalue weighted by atomic mass is 10.1. The van der Waals surface area contributed by atoms with E-state index in [9.17, 15) is 4.79 Å². The van der Waals surface area contributed by atoms with Crippen LogP contribution in [0.4, 0.5) is 0 Å². The Morgan fingerprint density at radius 1 is 1.40 bits per heavy atom. The molecular formula is C16H19NO2S. The largest absolute Gasteiger partial charge is 0.384 e. The Kier molecular flexibility index (Phi) is 5.97. The van der Waals surface area contributed by atoms with E-state index in [1.807, 2.05) is 23.9 Å². The van der Waals surface area contributed by atoms with Crippen LogP contribution in [0.5, 0.6) is 0 Å². The fraction of sp³-hybridized carbons (Fsp3) is 0.438. The number of amides is 1. The minimum atomic E-state index is -0.200. The monoisotopic (exact) mass is 289 g/mol. The van der Waals surface area contributed by atoms with Gasteiger partial charge in [0.25, 0.3) is 5.91 Å². The van der Waals surface area contributed by atoms with Crippen molar-refractivity contribution in [2.24, 2.45) is 0 Å². The molecular weight excluding hydrogens is 270 g/mol. The molecule has 1 atom stereocenters. The van der Waals surface area contributed by atoms with Gasteiger partial charge in [-0.05, 0) is 30.7 Å². The molecule has 1 aromatic rings. The molecule has 0 radical (unpaired) electrons. The lowest BCUT2D eigenvalue weighted by Crippen LogP contribution is -2.32. The second kappa shape index (κ2) is 7.98. The first-order valence-corrected chi connectivity index (χ1v) is 7.94. The molecule has 1 unspecified atom stereocenters. The number of thioether (sulfide) groups is 1. The normalized spacial score (nSPS) is 17.9. The van der Waals surface area contributed by atoms with Crippen LogP contribution >= 0.6 is 11.8 Å². The molecule has 1 fully saturated rings. The van der Waals surface area contributed by atoms with Crippen molar-refractivity contribution in [3.05, 3.63) is 35.4 Å². The smallest absolute Gasteiger partial charge is 0.252 e. The molecule has 20 heavy (non-hydrogen) atoms. The van der Waals surface area contributed by atoms with Gasteiger partial charge in [0.15, 0.2) is 0 Å². The Hall–Kier alpha value is -1.44. The number of nitrogens with one attached hydrogen (secondary N) is 1. The second-order valence-corrected chi connectivity index (χ2v) is 6.11. The highest BCUT2D eigenvalue weighted by molar-refractivity contribution is 7.99. The van der Waals surface area contributed by atoms with Crippen molar-refractivity contribution in [1.29, 1.82) is 0 Å². The molecule has 2 rings (SSSR count). The van der Waals surface area contributed by atoms with Crippen molar-refractivity contribution in [3.63, 3.8) is 0 Å². The summed E-state index contributed by atoms with van der Waals surface area (Å²) >= 11 is 1.94. The number of hydrogen-bond donors (Lipinski definition) is 2. The highest BCUT2D eigenvalue weighted by Gasteiger charge is 2.16. The quantitative estimate of drug-likeness (QED) is 0.837. The minimum Gasteiger partial charge on any atom is -0.384 e. The van der Waals surface area contributed by atoms with Crippen LogP contribution in [0.1, 0.15) is 35.2 Å². The van der Waals surface area contributed by atoms with Crippen LogP contribution in [0.2, 0.25) is 0 Å². The van der Waals surface area contributed by atoms with Gasteiger partial charge in [-0.25, -0.2) is 0 Å². The maximum atomic E-state index is 12.2. The number of rotatable bonds is 3. The summed E-state index contributed by atoms with van der Waals surface area (Å²) in [6.07, 6.45) is 3.72. The maximum absolute atomic E-state index is 12.2. The lowest BCUT2D eigenvalue weighted by molar-refractivity contribution is 0.0953.